The normalized spacial score (nSPS) is 11.2. The van der Waals surface area contributed by atoms with Crippen molar-refractivity contribution >= 4 is 39.4 Å². The third-order valence-electron chi connectivity index (χ3n) is 5.61. The largest absolute Gasteiger partial charge is 0.494 e. The highest BCUT2D eigenvalue weighted by molar-refractivity contribution is 7.13. The van der Waals surface area contributed by atoms with Gasteiger partial charge in [0.05, 0.1) is 18.0 Å². The summed E-state index contributed by atoms with van der Waals surface area (Å²) in [5.41, 5.74) is 4.34. The van der Waals surface area contributed by atoms with Crippen LogP contribution in [0.25, 0.3) is 27.6 Å². The minimum absolute atomic E-state index is 0.173. The molecule has 3 aromatic heterocycles. The fraction of sp³-hybridized carbons (Fsp3) is 0.154. The summed E-state index contributed by atoms with van der Waals surface area (Å²) >= 11 is 2.66. The number of carbonyl (C=O) groups is 1. The fourth-order valence-corrected chi connectivity index (χ4v) is 4.92. The number of hydrogen-bond acceptors (Lipinski definition) is 10. The topological polar surface area (TPSA) is 147 Å². The zero-order valence-corrected chi connectivity index (χ0v) is 22.1. The van der Waals surface area contributed by atoms with E-state index in [1.165, 1.54) is 27.4 Å². The number of ether oxygens (including phenoxy) is 1. The number of aromatic amines is 1. The second-order valence-corrected chi connectivity index (χ2v) is 9.95. The number of thiazole rings is 2. The Bertz CT molecular complexity index is 1610. The number of nitrogens with one attached hydrogen (secondary N) is 2. The van der Waals surface area contributed by atoms with Crippen molar-refractivity contribution in [2.45, 2.75) is 19.3 Å². The Kier molecular flexibility index (Phi) is 8.31. The molecule has 5 rings (SSSR count). The molecule has 0 atom stereocenters. The number of hydrogen-bond donors (Lipinski definition) is 3. The SMILES string of the molecule is O=C(CCCCOc1ccc(-c2csc(-n3[nH]c(-c4ccccc4)c(N=Nc4nccs4)c3=O)n2)cc1)NO. The van der Waals surface area contributed by atoms with Gasteiger partial charge >= 0.3 is 5.56 Å². The van der Waals surface area contributed by atoms with Gasteiger partial charge in [-0.15, -0.1) is 32.9 Å². The van der Waals surface area contributed by atoms with Crippen LogP contribution >= 0.6 is 22.7 Å². The van der Waals surface area contributed by atoms with Crippen LogP contribution in [0.4, 0.5) is 10.8 Å². The summed E-state index contributed by atoms with van der Waals surface area (Å²) in [5.74, 6) is 0.292. The molecule has 5 aromatic rings. The lowest BCUT2D eigenvalue weighted by Gasteiger charge is -2.06. The highest BCUT2D eigenvalue weighted by atomic mass is 32.1. The molecule has 0 saturated carbocycles. The monoisotopic (exact) mass is 561 g/mol. The molecule has 39 heavy (non-hydrogen) atoms. The number of hydroxylamine groups is 1. The third-order valence-corrected chi connectivity index (χ3v) is 7.09. The standard InChI is InChI=1S/C26H23N7O4S2/c34-21(32-36)8-4-5-14-37-19-11-9-17(10-12-19)20-16-39-26(28-20)33-24(35)23(29-30-25-27-13-15-38-25)22(31-33)18-6-2-1-3-7-18/h1-3,6-7,9-13,15-16,31,36H,4-5,8,14H2,(H,32,34). The molecule has 1 amide bonds. The van der Waals surface area contributed by atoms with Gasteiger partial charge in [0.15, 0.2) is 5.69 Å². The van der Waals surface area contributed by atoms with Crippen LogP contribution in [-0.2, 0) is 4.79 Å². The lowest BCUT2D eigenvalue weighted by atomic mass is 10.1. The maximum absolute atomic E-state index is 13.4. The van der Waals surface area contributed by atoms with Gasteiger partial charge in [0, 0.05) is 34.5 Å². The Labute approximate surface area is 230 Å². The van der Waals surface area contributed by atoms with Crippen molar-refractivity contribution in [1.82, 2.24) is 25.2 Å². The van der Waals surface area contributed by atoms with Crippen molar-refractivity contribution in [3.63, 3.8) is 0 Å². The van der Waals surface area contributed by atoms with Crippen LogP contribution in [0, 0.1) is 0 Å². The highest BCUT2D eigenvalue weighted by Gasteiger charge is 2.19. The summed E-state index contributed by atoms with van der Waals surface area (Å²) in [7, 11) is 0. The van der Waals surface area contributed by atoms with Crippen LogP contribution in [0.3, 0.4) is 0 Å². The minimum Gasteiger partial charge on any atom is -0.494 e. The maximum Gasteiger partial charge on any atom is 0.301 e. The predicted molar refractivity (Wildman–Crippen MR) is 148 cm³/mol. The quantitative estimate of drug-likeness (QED) is 0.0794. The molecule has 0 unspecified atom stereocenters. The Morgan fingerprint density at radius 1 is 1.05 bits per heavy atom. The molecule has 11 nitrogen and oxygen atoms in total. The van der Waals surface area contributed by atoms with Gasteiger partial charge in [-0.2, -0.15) is 4.68 Å². The minimum atomic E-state index is -0.406. The van der Waals surface area contributed by atoms with Crippen molar-refractivity contribution < 1.29 is 14.7 Å². The molecular weight excluding hydrogens is 538 g/mol. The summed E-state index contributed by atoms with van der Waals surface area (Å²) in [5, 5.41) is 24.6. The molecule has 0 aliphatic rings. The van der Waals surface area contributed by atoms with Crippen LogP contribution in [-0.4, -0.2) is 37.5 Å². The molecule has 0 fully saturated rings. The summed E-state index contributed by atoms with van der Waals surface area (Å²) < 4.78 is 7.10. The average Bonchev–Trinajstić information content (AvgIpc) is 3.73. The number of amides is 1. The molecule has 0 saturated heterocycles. The molecular formula is C26H23N7O4S2. The number of H-pyrrole nitrogens is 1. The van der Waals surface area contributed by atoms with Crippen LogP contribution in [0.1, 0.15) is 19.3 Å². The van der Waals surface area contributed by atoms with E-state index in [9.17, 15) is 9.59 Å². The molecule has 13 heteroatoms. The van der Waals surface area contributed by atoms with Crippen LogP contribution in [0.5, 0.6) is 5.75 Å². The summed E-state index contributed by atoms with van der Waals surface area (Å²) in [6, 6.07) is 16.9. The van der Waals surface area contributed by atoms with E-state index in [0.717, 1.165) is 11.1 Å². The molecule has 3 N–H and O–H groups in total. The molecule has 0 bridgehead atoms. The first kappa shape index (κ1) is 26.2. The summed E-state index contributed by atoms with van der Waals surface area (Å²) in [6.45, 7) is 0.459. The van der Waals surface area contributed by atoms with E-state index in [1.807, 2.05) is 60.0 Å². The van der Waals surface area contributed by atoms with Crippen LogP contribution < -0.4 is 15.8 Å². The average molecular weight is 562 g/mol. The number of unbranched alkanes of at least 4 members (excludes halogenated alkanes) is 1. The van der Waals surface area contributed by atoms with Gasteiger partial charge < -0.3 is 4.74 Å². The second-order valence-electron chi connectivity index (χ2n) is 8.24. The van der Waals surface area contributed by atoms with E-state index in [1.54, 1.807) is 17.1 Å². The van der Waals surface area contributed by atoms with E-state index in [0.29, 0.717) is 46.8 Å². The fourth-order valence-electron chi connectivity index (χ4n) is 3.68. The zero-order chi connectivity index (χ0) is 27.0. The maximum atomic E-state index is 13.4. The second kappa shape index (κ2) is 12.4. The first-order valence-corrected chi connectivity index (χ1v) is 13.7. The molecule has 3 heterocycles. The van der Waals surface area contributed by atoms with Gasteiger partial charge in [0.25, 0.3) is 0 Å². The van der Waals surface area contributed by atoms with Crippen molar-refractivity contribution in [2.24, 2.45) is 10.2 Å². The number of nitrogens with zero attached hydrogens (tertiary/aromatic N) is 5. The van der Waals surface area contributed by atoms with Gasteiger partial charge in [-0.3, -0.25) is 19.9 Å². The van der Waals surface area contributed by atoms with E-state index >= 15 is 0 Å². The van der Waals surface area contributed by atoms with Crippen molar-refractivity contribution in [1.29, 1.82) is 0 Å². The number of aromatic nitrogens is 4. The number of azo groups is 1. The van der Waals surface area contributed by atoms with E-state index in [4.69, 9.17) is 9.94 Å². The smallest absolute Gasteiger partial charge is 0.301 e. The Balaban J connectivity index is 1.34. The molecule has 198 valence electrons. The first-order chi connectivity index (χ1) is 19.1. The number of carbonyl (C=O) groups excluding carboxylic acids is 1. The lowest BCUT2D eigenvalue weighted by molar-refractivity contribution is -0.129. The Morgan fingerprint density at radius 2 is 1.87 bits per heavy atom. The number of benzene rings is 2. The van der Waals surface area contributed by atoms with Crippen LogP contribution in [0.2, 0.25) is 0 Å². The van der Waals surface area contributed by atoms with E-state index in [-0.39, 0.29) is 17.7 Å². The molecule has 0 radical (unpaired) electrons. The van der Waals surface area contributed by atoms with E-state index < -0.39 is 5.91 Å². The van der Waals surface area contributed by atoms with Gasteiger partial charge in [-0.25, -0.2) is 15.4 Å². The van der Waals surface area contributed by atoms with E-state index in [2.05, 4.69) is 25.3 Å². The molecule has 0 spiro atoms. The van der Waals surface area contributed by atoms with Crippen molar-refractivity contribution in [3.8, 4) is 33.4 Å². The lowest BCUT2D eigenvalue weighted by Crippen LogP contribution is -2.18. The number of rotatable bonds is 11. The molecule has 0 aliphatic carbocycles. The highest BCUT2D eigenvalue weighted by Crippen LogP contribution is 2.30. The molecule has 2 aromatic carbocycles. The van der Waals surface area contributed by atoms with Crippen LogP contribution in [0.15, 0.2) is 86.6 Å². The Hall–Kier alpha value is -4.46. The first-order valence-electron chi connectivity index (χ1n) is 12.0. The zero-order valence-electron chi connectivity index (χ0n) is 20.5. The van der Waals surface area contributed by atoms with Gasteiger partial charge in [0.2, 0.25) is 16.2 Å². The summed E-state index contributed by atoms with van der Waals surface area (Å²) in [4.78, 5) is 33.2. The Morgan fingerprint density at radius 3 is 2.62 bits per heavy atom. The van der Waals surface area contributed by atoms with Crippen molar-refractivity contribution in [3.05, 3.63) is 81.9 Å². The third kappa shape index (κ3) is 6.34. The molecule has 0 aliphatic heterocycles. The summed E-state index contributed by atoms with van der Waals surface area (Å²) in [6.07, 6.45) is 3.18. The van der Waals surface area contributed by atoms with Gasteiger partial charge in [0.1, 0.15) is 5.75 Å². The van der Waals surface area contributed by atoms with Crippen molar-refractivity contribution in [2.75, 3.05) is 6.61 Å². The predicted octanol–water partition coefficient (Wildman–Crippen LogP) is 5.88. The van der Waals surface area contributed by atoms with Gasteiger partial charge in [-0.05, 0) is 37.1 Å². The van der Waals surface area contributed by atoms with Gasteiger partial charge in [-0.1, -0.05) is 30.3 Å².